The third kappa shape index (κ3) is 4.93. The summed E-state index contributed by atoms with van der Waals surface area (Å²) in [5.41, 5.74) is 0. The summed E-state index contributed by atoms with van der Waals surface area (Å²) in [7, 11) is 0. The topological polar surface area (TPSA) is 43.4 Å². The van der Waals surface area contributed by atoms with Crippen molar-refractivity contribution in [2.75, 3.05) is 6.86 Å². The Morgan fingerprint density at radius 2 is 2.11 bits per heavy atom. The molecule has 0 aliphatic rings. The van der Waals surface area contributed by atoms with Gasteiger partial charge in [0.2, 0.25) is 6.86 Å². The average Bonchev–Trinajstić information content (AvgIpc) is 1.63. The fourth-order valence-corrected chi connectivity index (χ4v) is 0.315. The molecule has 9 heavy (non-hydrogen) atoms. The van der Waals surface area contributed by atoms with Crippen LogP contribution in [0.5, 0.6) is 0 Å². The molecule has 0 bridgehead atoms. The highest BCUT2D eigenvalue weighted by molar-refractivity contribution is 5.94. The second-order valence-corrected chi connectivity index (χ2v) is 1.50. The number of hydrogen-bond donors (Lipinski definition) is 0. The quantitative estimate of drug-likeness (QED) is 0.415. The van der Waals surface area contributed by atoms with E-state index in [4.69, 9.17) is 0 Å². The van der Waals surface area contributed by atoms with Crippen LogP contribution in [-0.2, 0) is 14.3 Å². The highest BCUT2D eigenvalue weighted by Gasteiger charge is 2.04. The molecule has 0 aliphatic heterocycles. The molecule has 4 heteroatoms. The molecule has 0 saturated carbocycles. The summed E-state index contributed by atoms with van der Waals surface area (Å²) in [4.78, 5) is 20.3. The Morgan fingerprint density at radius 3 is 2.44 bits per heavy atom. The van der Waals surface area contributed by atoms with Crippen molar-refractivity contribution in [3.05, 3.63) is 0 Å². The normalized spacial score (nSPS) is 8.67. The lowest BCUT2D eigenvalue weighted by molar-refractivity contribution is -0.149. The molecule has 0 saturated heterocycles. The van der Waals surface area contributed by atoms with E-state index in [2.05, 4.69) is 4.74 Å². The van der Waals surface area contributed by atoms with Crippen LogP contribution < -0.4 is 0 Å². The van der Waals surface area contributed by atoms with E-state index in [1.54, 1.807) is 0 Å². The van der Waals surface area contributed by atoms with Crippen LogP contribution >= 0.6 is 0 Å². The van der Waals surface area contributed by atoms with Crippen molar-refractivity contribution < 1.29 is 18.7 Å². The molecule has 0 aliphatic carbocycles. The van der Waals surface area contributed by atoms with Gasteiger partial charge in [0, 0.05) is 0 Å². The van der Waals surface area contributed by atoms with Crippen LogP contribution in [-0.4, -0.2) is 18.6 Å². The fraction of sp³-hybridized carbons (Fsp3) is 0.600. The van der Waals surface area contributed by atoms with E-state index in [-0.39, 0.29) is 12.2 Å². The molecule has 0 spiro atoms. The molecule has 0 atom stereocenters. The van der Waals surface area contributed by atoms with Gasteiger partial charge in [-0.15, -0.1) is 0 Å². The molecule has 0 unspecified atom stereocenters. The number of hydrogen-bond acceptors (Lipinski definition) is 3. The summed E-state index contributed by atoms with van der Waals surface area (Å²) in [6, 6.07) is 0. The molecular weight excluding hydrogens is 127 g/mol. The lowest BCUT2D eigenvalue weighted by Crippen LogP contribution is -2.07. The number of Topliss-reactive ketones (excluding diaryl/α,β-unsaturated/α-hetero) is 1. The van der Waals surface area contributed by atoms with E-state index in [0.29, 0.717) is 0 Å². The van der Waals surface area contributed by atoms with Gasteiger partial charge in [-0.25, -0.2) is 4.39 Å². The zero-order chi connectivity index (χ0) is 7.28. The number of carbonyl (C=O) groups excluding carboxylic acids is 2. The first-order valence-electron chi connectivity index (χ1n) is 2.38. The number of rotatable bonds is 3. The Hall–Kier alpha value is -0.930. The van der Waals surface area contributed by atoms with Gasteiger partial charge in [0.1, 0.15) is 12.2 Å². The first-order valence-corrected chi connectivity index (χ1v) is 2.38. The largest absolute Gasteiger partial charge is 0.433 e. The second-order valence-electron chi connectivity index (χ2n) is 1.50. The molecule has 0 heterocycles. The molecule has 3 nitrogen and oxygen atoms in total. The van der Waals surface area contributed by atoms with Crippen molar-refractivity contribution in [1.29, 1.82) is 0 Å². The van der Waals surface area contributed by atoms with Crippen LogP contribution in [0.25, 0.3) is 0 Å². The fourth-order valence-electron chi connectivity index (χ4n) is 0.315. The Labute approximate surface area is 51.8 Å². The van der Waals surface area contributed by atoms with Gasteiger partial charge in [-0.1, -0.05) is 0 Å². The van der Waals surface area contributed by atoms with Crippen LogP contribution in [0.1, 0.15) is 13.3 Å². The minimum absolute atomic E-state index is 0.326. The Balaban J connectivity index is 3.39. The third-order valence-corrected chi connectivity index (χ3v) is 0.609. The highest BCUT2D eigenvalue weighted by atomic mass is 19.1. The van der Waals surface area contributed by atoms with Crippen molar-refractivity contribution >= 4 is 11.8 Å². The van der Waals surface area contributed by atoms with Crippen molar-refractivity contribution in [3.8, 4) is 0 Å². The van der Waals surface area contributed by atoms with Gasteiger partial charge in [0.15, 0.2) is 0 Å². The van der Waals surface area contributed by atoms with Gasteiger partial charge in [0.25, 0.3) is 0 Å². The van der Waals surface area contributed by atoms with Crippen molar-refractivity contribution in [2.45, 2.75) is 13.3 Å². The molecule has 0 N–H and O–H groups in total. The SMILES string of the molecule is CC(=O)CC(=O)OCF. The number of esters is 1. The summed E-state index contributed by atoms with van der Waals surface area (Å²) in [5, 5.41) is 0. The Kier molecular flexibility index (Phi) is 3.59. The summed E-state index contributed by atoms with van der Waals surface area (Å²) < 4.78 is 15.0. The van der Waals surface area contributed by atoms with Crippen molar-refractivity contribution in [1.82, 2.24) is 0 Å². The smallest absolute Gasteiger partial charge is 0.315 e. The predicted molar refractivity (Wildman–Crippen MR) is 27.4 cm³/mol. The van der Waals surface area contributed by atoms with Crippen LogP contribution in [0.4, 0.5) is 4.39 Å². The minimum atomic E-state index is -1.16. The molecule has 0 fully saturated rings. The van der Waals surface area contributed by atoms with Crippen molar-refractivity contribution in [3.63, 3.8) is 0 Å². The van der Waals surface area contributed by atoms with Crippen LogP contribution in [0.15, 0.2) is 0 Å². The Bertz CT molecular complexity index is 121. The van der Waals surface area contributed by atoms with Gasteiger partial charge in [-0.05, 0) is 6.92 Å². The van der Waals surface area contributed by atoms with E-state index in [0.717, 1.165) is 0 Å². The van der Waals surface area contributed by atoms with Gasteiger partial charge >= 0.3 is 5.97 Å². The average molecular weight is 134 g/mol. The van der Waals surface area contributed by atoms with E-state index in [1.807, 2.05) is 0 Å². The maximum Gasteiger partial charge on any atom is 0.315 e. The Morgan fingerprint density at radius 1 is 1.56 bits per heavy atom. The maximum atomic E-state index is 11.1. The van der Waals surface area contributed by atoms with E-state index >= 15 is 0 Å². The molecular formula is C5H7FO3. The van der Waals surface area contributed by atoms with E-state index in [9.17, 15) is 14.0 Å². The molecule has 0 aromatic rings. The second kappa shape index (κ2) is 4.00. The van der Waals surface area contributed by atoms with Crippen molar-refractivity contribution in [2.24, 2.45) is 0 Å². The molecule has 0 radical (unpaired) electrons. The lowest BCUT2D eigenvalue weighted by Gasteiger charge is -1.93. The number of alkyl halides is 1. The molecule has 0 aromatic carbocycles. The van der Waals surface area contributed by atoms with Gasteiger partial charge in [-0.2, -0.15) is 0 Å². The van der Waals surface area contributed by atoms with E-state index < -0.39 is 12.8 Å². The zero-order valence-electron chi connectivity index (χ0n) is 5.02. The number of ether oxygens (including phenoxy) is 1. The summed E-state index contributed by atoms with van der Waals surface area (Å²) in [6.07, 6.45) is -0.343. The van der Waals surface area contributed by atoms with Gasteiger partial charge in [0.05, 0.1) is 0 Å². The first kappa shape index (κ1) is 8.07. The van der Waals surface area contributed by atoms with Gasteiger partial charge < -0.3 is 4.74 Å². The summed E-state index contributed by atoms with van der Waals surface area (Å²) >= 11 is 0. The van der Waals surface area contributed by atoms with Gasteiger partial charge in [-0.3, -0.25) is 9.59 Å². The monoisotopic (exact) mass is 134 g/mol. The van der Waals surface area contributed by atoms with Crippen LogP contribution in [0.3, 0.4) is 0 Å². The maximum absolute atomic E-state index is 11.1. The number of carbonyl (C=O) groups is 2. The van der Waals surface area contributed by atoms with Crippen LogP contribution in [0, 0.1) is 0 Å². The molecule has 52 valence electrons. The minimum Gasteiger partial charge on any atom is -0.433 e. The number of ketones is 1. The molecule has 0 rings (SSSR count). The number of halogens is 1. The third-order valence-electron chi connectivity index (χ3n) is 0.609. The van der Waals surface area contributed by atoms with E-state index in [1.165, 1.54) is 6.92 Å². The lowest BCUT2D eigenvalue weighted by atomic mass is 10.3. The van der Waals surface area contributed by atoms with Crippen LogP contribution in [0.2, 0.25) is 0 Å². The first-order chi connectivity index (χ1) is 4.16. The summed E-state index contributed by atoms with van der Waals surface area (Å²) in [6.45, 7) is 0.0750. The predicted octanol–water partition coefficient (Wildman–Crippen LogP) is 0.436. The molecule has 0 amide bonds. The standard InChI is InChI=1S/C5H7FO3/c1-4(7)2-5(8)9-3-6/h2-3H2,1H3. The highest BCUT2D eigenvalue weighted by Crippen LogP contribution is 1.86. The molecule has 0 aromatic heterocycles. The summed E-state index contributed by atoms with van der Waals surface area (Å²) in [5.74, 6) is -1.14. The zero-order valence-corrected chi connectivity index (χ0v) is 5.02.